The van der Waals surface area contributed by atoms with Crippen LogP contribution in [0.1, 0.15) is 32.6 Å². The molecule has 98 valence electrons. The number of esters is 1. The molecule has 0 aliphatic heterocycles. The first-order chi connectivity index (χ1) is 8.15. The van der Waals surface area contributed by atoms with Crippen molar-refractivity contribution in [1.29, 1.82) is 0 Å². The van der Waals surface area contributed by atoms with E-state index in [1.807, 2.05) is 0 Å². The molecule has 1 fully saturated rings. The van der Waals surface area contributed by atoms with Gasteiger partial charge in [-0.25, -0.2) is 4.39 Å². The maximum atomic E-state index is 12.9. The van der Waals surface area contributed by atoms with Gasteiger partial charge in [-0.3, -0.25) is 4.79 Å². The van der Waals surface area contributed by atoms with Gasteiger partial charge in [-0.2, -0.15) is 6.07 Å². The number of carbonyl (C=O) groups excluding carboxylic acids is 1. The predicted molar refractivity (Wildman–Crippen MR) is 62.0 cm³/mol. The van der Waals surface area contributed by atoms with Gasteiger partial charge < -0.3 is 4.74 Å². The molecule has 19 heavy (non-hydrogen) atoms. The first-order valence-electron chi connectivity index (χ1n) is 6.04. The van der Waals surface area contributed by atoms with Crippen molar-refractivity contribution in [3.8, 4) is 5.75 Å². The summed E-state index contributed by atoms with van der Waals surface area (Å²) >= 11 is 0. The summed E-state index contributed by atoms with van der Waals surface area (Å²) in [5, 5.41) is 0. The molecule has 0 heterocycles. The van der Waals surface area contributed by atoms with E-state index in [9.17, 15) is 9.18 Å². The Bertz CT molecular complexity index is 404. The smallest absolute Gasteiger partial charge is 0.312 e. The van der Waals surface area contributed by atoms with Crippen molar-refractivity contribution in [2.45, 2.75) is 32.6 Å². The van der Waals surface area contributed by atoms with Gasteiger partial charge in [0.2, 0.25) is 0 Å². The molecule has 5 heteroatoms. The molecule has 1 aromatic carbocycles. The number of rotatable bonds is 2. The third-order valence-electron chi connectivity index (χ3n) is 3.31. The molecule has 0 aromatic heterocycles. The van der Waals surface area contributed by atoms with Crippen molar-refractivity contribution in [3.63, 3.8) is 0 Å². The molecule has 0 amide bonds. The fraction of sp³-hybridized carbons (Fsp3) is 0.500. The van der Waals surface area contributed by atoms with Crippen molar-refractivity contribution in [3.05, 3.63) is 30.1 Å². The third kappa shape index (κ3) is 6.42. The van der Waals surface area contributed by atoms with Crippen LogP contribution in [-0.4, -0.2) is 5.97 Å². The zero-order chi connectivity index (χ0) is 12.3. The molecule has 1 aromatic rings. The van der Waals surface area contributed by atoms with Crippen molar-refractivity contribution in [1.82, 2.24) is 0 Å². The first-order valence-corrected chi connectivity index (χ1v) is 6.04. The topological polar surface area (TPSA) is 26.3 Å². The molecule has 1 aliphatic carbocycles. The van der Waals surface area contributed by atoms with Crippen LogP contribution in [0.5, 0.6) is 5.75 Å². The van der Waals surface area contributed by atoms with Gasteiger partial charge in [-0.15, -0.1) is 12.1 Å². The summed E-state index contributed by atoms with van der Waals surface area (Å²) in [7, 11) is 0. The third-order valence-corrected chi connectivity index (χ3v) is 3.31. The summed E-state index contributed by atoms with van der Waals surface area (Å²) < 4.78 is 18.0. The number of hydrogen-bond donors (Lipinski definition) is 0. The summed E-state index contributed by atoms with van der Waals surface area (Å²) in [4.78, 5) is 11.8. The van der Waals surface area contributed by atoms with Gasteiger partial charge in [-0.05, 0) is 31.6 Å². The predicted octanol–water partition coefficient (Wildman–Crippen LogP) is 3.35. The zero-order valence-corrected chi connectivity index (χ0v) is 16.7. The van der Waals surface area contributed by atoms with Crippen LogP contribution in [0, 0.1) is 23.7 Å². The first kappa shape index (κ1) is 19.8. The molecule has 0 bridgehead atoms. The summed E-state index contributed by atoms with van der Waals surface area (Å²) in [6.45, 7) is 2.20. The van der Waals surface area contributed by atoms with E-state index in [0.29, 0.717) is 5.92 Å². The molecule has 2 rings (SSSR count). The maximum Gasteiger partial charge on any atom is 0.312 e. The summed E-state index contributed by atoms with van der Waals surface area (Å²) in [6.07, 6.45) is 3.89. The minimum Gasteiger partial charge on any atom is -0.453 e. The Morgan fingerprint density at radius 1 is 1.32 bits per heavy atom. The van der Waals surface area contributed by atoms with Crippen LogP contribution in [-0.2, 0) is 70.2 Å². The molecule has 0 N–H and O–H groups in total. The van der Waals surface area contributed by atoms with Crippen LogP contribution in [0.25, 0.3) is 0 Å². The summed E-state index contributed by atoms with van der Waals surface area (Å²) in [5.74, 6) is 0.196. The van der Waals surface area contributed by atoms with Gasteiger partial charge in [0.15, 0.2) is 0 Å². The fourth-order valence-electron chi connectivity index (χ4n) is 2.18. The number of ether oxygens (including phenoxy) is 1. The number of halogens is 1. The summed E-state index contributed by atoms with van der Waals surface area (Å²) in [5.41, 5.74) is 0. The SMILES string of the molecule is CC1CCC(C(=O)Oc2cc[c-]c(F)c2)CC1.[Y].[Y]. The van der Waals surface area contributed by atoms with Crippen LogP contribution in [0.3, 0.4) is 0 Å². The van der Waals surface area contributed by atoms with Gasteiger partial charge in [0.1, 0.15) is 0 Å². The van der Waals surface area contributed by atoms with E-state index >= 15 is 0 Å². The van der Waals surface area contributed by atoms with Crippen LogP contribution in [0.4, 0.5) is 4.39 Å². The maximum absolute atomic E-state index is 12.9. The van der Waals surface area contributed by atoms with E-state index < -0.39 is 5.82 Å². The Balaban J connectivity index is 0.00000162. The molecule has 0 atom stereocenters. The molecule has 0 saturated heterocycles. The van der Waals surface area contributed by atoms with Gasteiger partial charge in [0.05, 0.1) is 5.92 Å². The second kappa shape index (κ2) is 9.71. The van der Waals surface area contributed by atoms with Gasteiger partial charge in [0, 0.05) is 77.0 Å². The Labute approximate surface area is 164 Å². The number of benzene rings is 1. The zero-order valence-electron chi connectivity index (χ0n) is 11.1. The van der Waals surface area contributed by atoms with E-state index in [1.54, 1.807) is 6.07 Å². The van der Waals surface area contributed by atoms with Crippen molar-refractivity contribution in [2.24, 2.45) is 11.8 Å². The Kier molecular flexibility index (Phi) is 10.1. The van der Waals surface area contributed by atoms with Crippen LogP contribution < -0.4 is 4.74 Å². The quantitative estimate of drug-likeness (QED) is 0.423. The molecule has 0 spiro atoms. The van der Waals surface area contributed by atoms with Crippen LogP contribution >= 0.6 is 0 Å². The van der Waals surface area contributed by atoms with Crippen LogP contribution in [0.15, 0.2) is 18.2 Å². The molecule has 2 nitrogen and oxygen atoms in total. The van der Waals surface area contributed by atoms with E-state index in [4.69, 9.17) is 4.74 Å². The number of hydrogen-bond acceptors (Lipinski definition) is 2. The summed E-state index contributed by atoms with van der Waals surface area (Å²) in [6, 6.07) is 6.52. The van der Waals surface area contributed by atoms with Gasteiger partial charge in [0.25, 0.3) is 0 Å². The molecule has 2 radical (unpaired) electrons. The van der Waals surface area contributed by atoms with E-state index in [1.165, 1.54) is 12.1 Å². The molecule has 1 saturated carbocycles. The van der Waals surface area contributed by atoms with E-state index in [-0.39, 0.29) is 83.1 Å². The van der Waals surface area contributed by atoms with Gasteiger partial charge >= 0.3 is 5.97 Å². The average molecular weight is 413 g/mol. The Morgan fingerprint density at radius 2 is 1.95 bits per heavy atom. The van der Waals surface area contributed by atoms with Crippen LogP contribution in [0.2, 0.25) is 0 Å². The molecular weight excluding hydrogens is 397 g/mol. The second-order valence-corrected chi connectivity index (χ2v) is 4.75. The van der Waals surface area contributed by atoms with E-state index in [0.717, 1.165) is 25.7 Å². The van der Waals surface area contributed by atoms with E-state index in [2.05, 4.69) is 13.0 Å². The average Bonchev–Trinajstić information content (AvgIpc) is 2.29. The van der Waals surface area contributed by atoms with Crippen molar-refractivity contribution in [2.75, 3.05) is 0 Å². The monoisotopic (exact) mass is 413 g/mol. The Morgan fingerprint density at radius 3 is 2.53 bits per heavy atom. The van der Waals surface area contributed by atoms with Crippen molar-refractivity contribution >= 4 is 5.97 Å². The largest absolute Gasteiger partial charge is 0.453 e. The van der Waals surface area contributed by atoms with Gasteiger partial charge in [-0.1, -0.05) is 13.0 Å². The standard InChI is InChI=1S/C14H16FO2.2Y/c1-10-5-7-11(8-6-10)14(16)17-13-4-2-3-12(15)9-13;;/h2,4,9-11H,5-8H2,1H3;;/q-1;;. The normalized spacial score (nSPS) is 21.8. The van der Waals surface area contributed by atoms with Crippen molar-refractivity contribution < 1.29 is 79.3 Å². The fourth-order valence-corrected chi connectivity index (χ4v) is 2.18. The Hall–Kier alpha value is 0.828. The second-order valence-electron chi connectivity index (χ2n) is 4.75. The molecular formula is C14H16FO2Y2-. The molecule has 1 aliphatic rings. The molecule has 0 unspecified atom stereocenters. The minimum absolute atomic E-state index is 0. The number of carbonyl (C=O) groups is 1. The minimum atomic E-state index is -0.507.